The number of rotatable bonds is 3. The monoisotopic (exact) mass is 214 g/mol. The summed E-state index contributed by atoms with van der Waals surface area (Å²) in [6, 6.07) is -0.105. The van der Waals surface area contributed by atoms with Crippen LogP contribution in [0.4, 0.5) is 0 Å². The number of nitrogens with zero attached hydrogens (tertiary/aromatic N) is 1. The Hall–Kier alpha value is -1.10. The maximum Gasteiger partial charge on any atom is 0.394 e. The SMILES string of the molecule is CC(CN1CCCCC1)NC(=O)C(=O)O. The number of carbonyl (C=O) groups excluding carboxylic acids is 1. The van der Waals surface area contributed by atoms with Crippen LogP contribution in [0.1, 0.15) is 26.2 Å². The first kappa shape index (κ1) is 12.0. The molecule has 86 valence electrons. The van der Waals surface area contributed by atoms with Gasteiger partial charge in [0.15, 0.2) is 0 Å². The standard InChI is InChI=1S/C10H18N2O3/c1-8(11-9(13)10(14)15)7-12-5-3-2-4-6-12/h8H,2-7H2,1H3,(H,11,13)(H,14,15). The third kappa shape index (κ3) is 4.29. The smallest absolute Gasteiger partial charge is 0.394 e. The van der Waals surface area contributed by atoms with Crippen LogP contribution in [0, 0.1) is 0 Å². The Kier molecular flexibility index (Phi) is 4.55. The fourth-order valence-electron chi connectivity index (χ4n) is 1.86. The van der Waals surface area contributed by atoms with Crippen LogP contribution >= 0.6 is 0 Å². The van der Waals surface area contributed by atoms with E-state index in [9.17, 15) is 9.59 Å². The number of likely N-dealkylation sites (tertiary alicyclic amines) is 1. The average molecular weight is 214 g/mol. The molecular weight excluding hydrogens is 196 g/mol. The Balaban J connectivity index is 2.25. The lowest BCUT2D eigenvalue weighted by molar-refractivity contribution is -0.150. The maximum absolute atomic E-state index is 10.9. The van der Waals surface area contributed by atoms with E-state index in [-0.39, 0.29) is 6.04 Å². The van der Waals surface area contributed by atoms with Gasteiger partial charge in [-0.25, -0.2) is 4.79 Å². The summed E-state index contributed by atoms with van der Waals surface area (Å²) < 4.78 is 0. The molecule has 1 aliphatic rings. The van der Waals surface area contributed by atoms with Crippen LogP contribution in [-0.2, 0) is 9.59 Å². The minimum atomic E-state index is -1.42. The van der Waals surface area contributed by atoms with Gasteiger partial charge in [-0.05, 0) is 32.9 Å². The van der Waals surface area contributed by atoms with Gasteiger partial charge in [0.1, 0.15) is 0 Å². The van der Waals surface area contributed by atoms with Gasteiger partial charge in [0.25, 0.3) is 0 Å². The minimum absolute atomic E-state index is 0.105. The van der Waals surface area contributed by atoms with E-state index in [1.54, 1.807) is 0 Å². The van der Waals surface area contributed by atoms with Crippen LogP contribution in [0.5, 0.6) is 0 Å². The number of carboxylic acids is 1. The molecule has 2 N–H and O–H groups in total. The van der Waals surface area contributed by atoms with Crippen molar-refractivity contribution in [1.29, 1.82) is 0 Å². The molecule has 1 atom stereocenters. The molecule has 0 aromatic heterocycles. The number of piperidine rings is 1. The maximum atomic E-state index is 10.9. The van der Waals surface area contributed by atoms with Crippen molar-refractivity contribution in [2.75, 3.05) is 19.6 Å². The first-order chi connectivity index (χ1) is 7.09. The summed E-state index contributed by atoms with van der Waals surface area (Å²) in [6.07, 6.45) is 3.66. The Morgan fingerprint density at radius 3 is 2.47 bits per heavy atom. The molecule has 5 heteroatoms. The van der Waals surface area contributed by atoms with Gasteiger partial charge < -0.3 is 15.3 Å². The molecule has 0 saturated carbocycles. The highest BCUT2D eigenvalue weighted by atomic mass is 16.4. The zero-order valence-corrected chi connectivity index (χ0v) is 9.03. The van der Waals surface area contributed by atoms with Gasteiger partial charge in [0.05, 0.1) is 0 Å². The number of amides is 1. The van der Waals surface area contributed by atoms with Crippen molar-refractivity contribution >= 4 is 11.9 Å². The Labute approximate surface area is 89.4 Å². The Morgan fingerprint density at radius 2 is 1.93 bits per heavy atom. The van der Waals surface area contributed by atoms with E-state index in [2.05, 4.69) is 10.2 Å². The molecule has 1 aliphatic heterocycles. The van der Waals surface area contributed by atoms with Crippen molar-refractivity contribution in [3.05, 3.63) is 0 Å². The predicted molar refractivity (Wildman–Crippen MR) is 55.5 cm³/mol. The lowest BCUT2D eigenvalue weighted by atomic mass is 10.1. The molecule has 1 heterocycles. The van der Waals surface area contributed by atoms with Gasteiger partial charge in [-0.3, -0.25) is 4.79 Å². The highest BCUT2D eigenvalue weighted by Gasteiger charge is 2.17. The van der Waals surface area contributed by atoms with Gasteiger partial charge in [0.2, 0.25) is 0 Å². The minimum Gasteiger partial charge on any atom is -0.474 e. The van der Waals surface area contributed by atoms with Crippen LogP contribution in [0.2, 0.25) is 0 Å². The van der Waals surface area contributed by atoms with Gasteiger partial charge in [-0.2, -0.15) is 0 Å². The van der Waals surface area contributed by atoms with E-state index in [1.807, 2.05) is 6.92 Å². The number of carboxylic acid groups (broad SMARTS) is 1. The van der Waals surface area contributed by atoms with Crippen LogP contribution < -0.4 is 5.32 Å². The molecule has 1 unspecified atom stereocenters. The van der Waals surface area contributed by atoms with Crippen molar-refractivity contribution < 1.29 is 14.7 Å². The number of nitrogens with one attached hydrogen (secondary N) is 1. The molecule has 15 heavy (non-hydrogen) atoms. The van der Waals surface area contributed by atoms with Crippen LogP contribution in [0.25, 0.3) is 0 Å². The lowest BCUT2D eigenvalue weighted by Gasteiger charge is -2.29. The first-order valence-electron chi connectivity index (χ1n) is 5.35. The predicted octanol–water partition coefficient (Wildman–Crippen LogP) is 0.0616. The summed E-state index contributed by atoms with van der Waals surface area (Å²) in [4.78, 5) is 23.4. The third-order valence-electron chi connectivity index (χ3n) is 2.55. The summed E-state index contributed by atoms with van der Waals surface area (Å²) in [5, 5.41) is 10.9. The van der Waals surface area contributed by atoms with Crippen molar-refractivity contribution in [2.24, 2.45) is 0 Å². The normalized spacial score (nSPS) is 19.5. The molecule has 0 radical (unpaired) electrons. The van der Waals surface area contributed by atoms with E-state index in [1.165, 1.54) is 19.3 Å². The van der Waals surface area contributed by atoms with E-state index < -0.39 is 11.9 Å². The second-order valence-corrected chi connectivity index (χ2v) is 4.04. The third-order valence-corrected chi connectivity index (χ3v) is 2.55. The highest BCUT2D eigenvalue weighted by molar-refractivity contribution is 6.31. The zero-order valence-electron chi connectivity index (χ0n) is 9.03. The second-order valence-electron chi connectivity index (χ2n) is 4.04. The van der Waals surface area contributed by atoms with Crippen molar-refractivity contribution in [1.82, 2.24) is 10.2 Å². The van der Waals surface area contributed by atoms with Gasteiger partial charge in [-0.15, -0.1) is 0 Å². The molecule has 0 aliphatic carbocycles. The Bertz CT molecular complexity index is 237. The molecular formula is C10H18N2O3. The van der Waals surface area contributed by atoms with Crippen LogP contribution in [0.15, 0.2) is 0 Å². The lowest BCUT2D eigenvalue weighted by Crippen LogP contribution is -2.45. The molecule has 0 spiro atoms. The number of hydrogen-bond donors (Lipinski definition) is 2. The van der Waals surface area contributed by atoms with E-state index in [4.69, 9.17) is 5.11 Å². The molecule has 0 bridgehead atoms. The summed E-state index contributed by atoms with van der Waals surface area (Å²) in [5.74, 6) is -2.33. The van der Waals surface area contributed by atoms with Gasteiger partial charge in [0, 0.05) is 12.6 Å². The number of aliphatic carboxylic acids is 1. The molecule has 0 aromatic rings. The molecule has 1 saturated heterocycles. The summed E-state index contributed by atoms with van der Waals surface area (Å²) >= 11 is 0. The number of hydrogen-bond acceptors (Lipinski definition) is 3. The van der Waals surface area contributed by atoms with Crippen molar-refractivity contribution in [3.8, 4) is 0 Å². The molecule has 1 fully saturated rings. The topological polar surface area (TPSA) is 69.6 Å². The fourth-order valence-corrected chi connectivity index (χ4v) is 1.86. The summed E-state index contributed by atoms with van der Waals surface area (Å²) in [7, 11) is 0. The summed E-state index contributed by atoms with van der Waals surface area (Å²) in [6.45, 7) is 4.66. The van der Waals surface area contributed by atoms with Crippen LogP contribution in [0.3, 0.4) is 0 Å². The Morgan fingerprint density at radius 1 is 1.33 bits per heavy atom. The zero-order chi connectivity index (χ0) is 11.3. The van der Waals surface area contributed by atoms with Crippen molar-refractivity contribution in [3.63, 3.8) is 0 Å². The largest absolute Gasteiger partial charge is 0.474 e. The highest BCUT2D eigenvalue weighted by Crippen LogP contribution is 2.08. The molecule has 0 aromatic carbocycles. The van der Waals surface area contributed by atoms with E-state index >= 15 is 0 Å². The second kappa shape index (κ2) is 5.70. The first-order valence-corrected chi connectivity index (χ1v) is 5.35. The summed E-state index contributed by atoms with van der Waals surface area (Å²) in [5.41, 5.74) is 0. The number of carbonyl (C=O) groups is 2. The molecule has 1 rings (SSSR count). The van der Waals surface area contributed by atoms with Crippen LogP contribution in [-0.4, -0.2) is 47.6 Å². The fraction of sp³-hybridized carbons (Fsp3) is 0.800. The van der Waals surface area contributed by atoms with Gasteiger partial charge in [-0.1, -0.05) is 6.42 Å². The molecule has 5 nitrogen and oxygen atoms in total. The van der Waals surface area contributed by atoms with E-state index in [0.717, 1.165) is 19.6 Å². The average Bonchev–Trinajstić information content (AvgIpc) is 2.18. The van der Waals surface area contributed by atoms with Gasteiger partial charge >= 0.3 is 11.9 Å². The molecule has 1 amide bonds. The quantitative estimate of drug-likeness (QED) is 0.652. The van der Waals surface area contributed by atoms with E-state index in [0.29, 0.717) is 0 Å². The van der Waals surface area contributed by atoms with Crippen molar-refractivity contribution in [2.45, 2.75) is 32.2 Å².